The summed E-state index contributed by atoms with van der Waals surface area (Å²) in [4.78, 5) is 27.6. The lowest BCUT2D eigenvalue weighted by Crippen LogP contribution is -2.35. The third kappa shape index (κ3) is 3.50. The number of hydrazine groups is 1. The molecule has 0 aromatic heterocycles. The molecule has 2 saturated heterocycles. The van der Waals surface area contributed by atoms with Gasteiger partial charge < -0.3 is 4.90 Å². The lowest BCUT2D eigenvalue weighted by Gasteiger charge is -2.22. The van der Waals surface area contributed by atoms with Crippen molar-refractivity contribution in [3.63, 3.8) is 0 Å². The first-order valence-electron chi connectivity index (χ1n) is 9.33. The van der Waals surface area contributed by atoms with Gasteiger partial charge in [0.2, 0.25) is 0 Å². The van der Waals surface area contributed by atoms with Crippen LogP contribution in [0.25, 0.3) is 6.08 Å². The first-order chi connectivity index (χ1) is 13.1. The molecule has 146 valence electrons. The number of anilines is 2. The second kappa shape index (κ2) is 8.07. The molecule has 0 bridgehead atoms. The minimum absolute atomic E-state index is 0. The van der Waals surface area contributed by atoms with Gasteiger partial charge in [-0.2, -0.15) is 0 Å². The number of carbonyl (C=O) groups excluding carboxylic acids is 2. The van der Waals surface area contributed by atoms with Gasteiger partial charge in [0.1, 0.15) is 5.57 Å². The van der Waals surface area contributed by atoms with Crippen LogP contribution in [0.1, 0.15) is 29.5 Å². The minimum atomic E-state index is -0.371. The van der Waals surface area contributed by atoms with Crippen LogP contribution in [-0.4, -0.2) is 24.9 Å². The number of nitrogens with zero attached hydrogens (tertiary/aromatic N) is 2. The van der Waals surface area contributed by atoms with Crippen LogP contribution in [0.2, 0.25) is 0 Å². The molecule has 0 spiro atoms. The zero-order chi connectivity index (χ0) is 19.0. The van der Waals surface area contributed by atoms with E-state index in [9.17, 15) is 9.59 Å². The number of nitrogens with one attached hydrogen (secondary N) is 1. The van der Waals surface area contributed by atoms with E-state index in [1.807, 2.05) is 31.2 Å². The Morgan fingerprint density at radius 3 is 2.29 bits per heavy atom. The average Bonchev–Trinajstić information content (AvgIpc) is 3.30. The maximum Gasteiger partial charge on any atom is 0.282 e. The van der Waals surface area contributed by atoms with Gasteiger partial charge in [0.25, 0.3) is 11.8 Å². The number of carbonyl (C=O) groups is 2. The van der Waals surface area contributed by atoms with E-state index in [1.165, 1.54) is 29.1 Å². The van der Waals surface area contributed by atoms with Crippen molar-refractivity contribution >= 4 is 41.7 Å². The summed E-state index contributed by atoms with van der Waals surface area (Å²) in [6.07, 6.45) is 4.17. The Morgan fingerprint density at radius 1 is 0.929 bits per heavy atom. The van der Waals surface area contributed by atoms with Gasteiger partial charge in [-0.3, -0.25) is 15.0 Å². The van der Waals surface area contributed by atoms with E-state index in [0.29, 0.717) is 5.69 Å². The summed E-state index contributed by atoms with van der Waals surface area (Å²) in [5.41, 5.74) is 7.93. The summed E-state index contributed by atoms with van der Waals surface area (Å²) in [6.45, 7) is 6.34. The number of hydrogen-bond donors (Lipinski definition) is 1. The smallest absolute Gasteiger partial charge is 0.282 e. The first-order valence-corrected chi connectivity index (χ1v) is 9.33. The second-order valence-electron chi connectivity index (χ2n) is 7.09. The molecule has 28 heavy (non-hydrogen) atoms. The van der Waals surface area contributed by atoms with Gasteiger partial charge in [0, 0.05) is 18.8 Å². The molecule has 0 saturated carbocycles. The summed E-state index contributed by atoms with van der Waals surface area (Å²) in [5.74, 6) is -0.698. The number of benzene rings is 2. The molecule has 0 unspecified atom stereocenters. The molecule has 5 nitrogen and oxygen atoms in total. The Hall–Kier alpha value is -2.79. The van der Waals surface area contributed by atoms with Crippen molar-refractivity contribution in [1.29, 1.82) is 0 Å². The van der Waals surface area contributed by atoms with Gasteiger partial charge in [-0.1, -0.05) is 24.3 Å². The monoisotopic (exact) mass is 397 g/mol. The van der Waals surface area contributed by atoms with E-state index in [1.54, 1.807) is 18.2 Å². The Bertz CT molecular complexity index is 934. The topological polar surface area (TPSA) is 52.7 Å². The van der Waals surface area contributed by atoms with E-state index in [0.717, 1.165) is 24.2 Å². The maximum atomic E-state index is 12.8. The zero-order valence-corrected chi connectivity index (χ0v) is 16.9. The fraction of sp³-hybridized carbons (Fsp3) is 0.273. The highest BCUT2D eigenvalue weighted by molar-refractivity contribution is 6.31. The highest BCUT2D eigenvalue weighted by Gasteiger charge is 2.34. The van der Waals surface area contributed by atoms with Crippen molar-refractivity contribution in [2.45, 2.75) is 26.7 Å². The summed E-state index contributed by atoms with van der Waals surface area (Å²) in [6, 6.07) is 13.2. The van der Waals surface area contributed by atoms with E-state index in [4.69, 9.17) is 0 Å². The maximum absolute atomic E-state index is 12.8. The number of rotatable bonds is 3. The van der Waals surface area contributed by atoms with Gasteiger partial charge in [-0.15, -0.1) is 12.4 Å². The zero-order valence-electron chi connectivity index (χ0n) is 16.1. The Morgan fingerprint density at radius 2 is 1.61 bits per heavy atom. The highest BCUT2D eigenvalue weighted by Crippen LogP contribution is 2.30. The standard InChI is InChI=1S/C22H23N3O2.ClH/c1-15-16(2)20(24-12-6-7-13-24)11-10-17(15)14-19-21(26)23-25(22(19)27)18-8-4-3-5-9-18;/h3-5,8-11,14H,6-7,12-13H2,1-2H3,(H,23,26);1H. The van der Waals surface area contributed by atoms with E-state index in [-0.39, 0.29) is 29.8 Å². The van der Waals surface area contributed by atoms with Gasteiger partial charge in [-0.05, 0) is 67.7 Å². The molecule has 2 amide bonds. The number of halogens is 1. The average molecular weight is 398 g/mol. The third-order valence-electron chi connectivity index (χ3n) is 5.45. The molecular formula is C22H24ClN3O2. The molecule has 2 aromatic rings. The van der Waals surface area contributed by atoms with Gasteiger partial charge in [0.05, 0.1) is 5.69 Å². The Kier molecular flexibility index (Phi) is 5.75. The lowest BCUT2D eigenvalue weighted by atomic mass is 9.98. The molecule has 2 fully saturated rings. The van der Waals surface area contributed by atoms with Crippen molar-refractivity contribution in [2.24, 2.45) is 0 Å². The van der Waals surface area contributed by atoms with Gasteiger partial charge in [0.15, 0.2) is 0 Å². The quantitative estimate of drug-likeness (QED) is 0.633. The molecule has 4 rings (SSSR count). The first kappa shape index (κ1) is 20.0. The second-order valence-corrected chi connectivity index (χ2v) is 7.09. The number of para-hydroxylation sites is 1. The fourth-order valence-corrected chi connectivity index (χ4v) is 3.76. The highest BCUT2D eigenvalue weighted by atomic mass is 35.5. The third-order valence-corrected chi connectivity index (χ3v) is 5.45. The van der Waals surface area contributed by atoms with Crippen molar-refractivity contribution in [3.8, 4) is 0 Å². The molecule has 2 heterocycles. The van der Waals surface area contributed by atoms with Crippen molar-refractivity contribution in [1.82, 2.24) is 5.43 Å². The number of hydrogen-bond acceptors (Lipinski definition) is 3. The largest absolute Gasteiger partial charge is 0.371 e. The van der Waals surface area contributed by atoms with Crippen LogP contribution in [0, 0.1) is 13.8 Å². The molecule has 2 aliphatic rings. The Labute approximate surface area is 171 Å². The lowest BCUT2D eigenvalue weighted by molar-refractivity contribution is -0.117. The van der Waals surface area contributed by atoms with Crippen molar-refractivity contribution in [2.75, 3.05) is 23.0 Å². The molecular weight excluding hydrogens is 374 g/mol. The van der Waals surface area contributed by atoms with Crippen LogP contribution < -0.4 is 15.3 Å². The number of amides is 2. The van der Waals surface area contributed by atoms with Crippen LogP contribution in [0.3, 0.4) is 0 Å². The molecule has 2 aromatic carbocycles. The van der Waals surface area contributed by atoms with Crippen LogP contribution in [0.15, 0.2) is 48.0 Å². The van der Waals surface area contributed by atoms with Crippen LogP contribution in [-0.2, 0) is 9.59 Å². The van der Waals surface area contributed by atoms with Crippen LogP contribution >= 0.6 is 12.4 Å². The van der Waals surface area contributed by atoms with Gasteiger partial charge in [-0.25, -0.2) is 5.01 Å². The molecule has 6 heteroatoms. The predicted molar refractivity (Wildman–Crippen MR) is 115 cm³/mol. The predicted octanol–water partition coefficient (Wildman–Crippen LogP) is 3.79. The minimum Gasteiger partial charge on any atom is -0.371 e. The van der Waals surface area contributed by atoms with Crippen LogP contribution in [0.4, 0.5) is 11.4 Å². The van der Waals surface area contributed by atoms with E-state index >= 15 is 0 Å². The summed E-state index contributed by atoms with van der Waals surface area (Å²) >= 11 is 0. The molecule has 0 aliphatic carbocycles. The van der Waals surface area contributed by atoms with E-state index < -0.39 is 0 Å². The summed E-state index contributed by atoms with van der Waals surface area (Å²) in [5, 5.41) is 1.30. The molecule has 0 radical (unpaired) electrons. The summed E-state index contributed by atoms with van der Waals surface area (Å²) < 4.78 is 0. The normalized spacial score (nSPS) is 17.9. The SMILES string of the molecule is Cc1c(C=C2C(=O)NN(c3ccccc3)C2=O)ccc(N2CCCC2)c1C.Cl. The van der Waals surface area contributed by atoms with Gasteiger partial charge >= 0.3 is 0 Å². The fourth-order valence-electron chi connectivity index (χ4n) is 3.76. The summed E-state index contributed by atoms with van der Waals surface area (Å²) in [7, 11) is 0. The molecule has 1 N–H and O–H groups in total. The van der Waals surface area contributed by atoms with Crippen LogP contribution in [0.5, 0.6) is 0 Å². The van der Waals surface area contributed by atoms with E-state index in [2.05, 4.69) is 23.3 Å². The van der Waals surface area contributed by atoms with Crippen molar-refractivity contribution < 1.29 is 9.59 Å². The Balaban J connectivity index is 0.00000225. The van der Waals surface area contributed by atoms with Crippen molar-refractivity contribution in [3.05, 3.63) is 64.7 Å². The molecule has 0 atom stereocenters. The molecule has 2 aliphatic heterocycles.